The molecule has 0 aliphatic carbocycles. The van der Waals surface area contributed by atoms with Crippen molar-refractivity contribution in [3.05, 3.63) is 0 Å². The van der Waals surface area contributed by atoms with Gasteiger partial charge in [-0.15, -0.1) is 0 Å². The Labute approximate surface area is 35.9 Å². The molecule has 1 saturated heterocycles. The monoisotopic (exact) mass is 90.0 g/mol. The fourth-order valence-electron chi connectivity index (χ4n) is 0.175. The Kier molecular flexibility index (Phi) is 0.830. The van der Waals surface area contributed by atoms with Crippen LogP contribution in [0.3, 0.4) is 0 Å². The molecular formula is C3H6OS. The molecule has 5 heavy (non-hydrogen) atoms. The van der Waals surface area contributed by atoms with Gasteiger partial charge in [0, 0.05) is 12.0 Å². The van der Waals surface area contributed by atoms with Gasteiger partial charge in [0.2, 0.25) is 0 Å². The van der Waals surface area contributed by atoms with Crippen LogP contribution in [-0.4, -0.2) is 5.44 Å². The molecule has 1 heterocycles. The fourth-order valence-corrected chi connectivity index (χ4v) is 0.526. The highest BCUT2D eigenvalue weighted by Crippen LogP contribution is 2.35. The van der Waals surface area contributed by atoms with Crippen LogP contribution in [0.4, 0.5) is 0 Å². The van der Waals surface area contributed by atoms with Crippen LogP contribution in [0, 0.1) is 0 Å². The van der Waals surface area contributed by atoms with E-state index in [9.17, 15) is 0 Å². The summed E-state index contributed by atoms with van der Waals surface area (Å²) in [6.07, 6.45) is 1.16. The normalized spacial score (nSPS) is 34.2. The lowest BCUT2D eigenvalue weighted by molar-refractivity contribution is 0.452. The zero-order valence-corrected chi connectivity index (χ0v) is 3.92. The SMILES string of the molecule is CC[C@@H]1OS1. The minimum Gasteiger partial charge on any atom is -0.296 e. The summed E-state index contributed by atoms with van der Waals surface area (Å²) in [4.78, 5) is 0. The van der Waals surface area contributed by atoms with Crippen molar-refractivity contribution in [1.29, 1.82) is 0 Å². The number of rotatable bonds is 1. The first-order valence-electron chi connectivity index (χ1n) is 1.75. The van der Waals surface area contributed by atoms with E-state index in [4.69, 9.17) is 4.18 Å². The van der Waals surface area contributed by atoms with E-state index in [1.54, 1.807) is 12.0 Å². The van der Waals surface area contributed by atoms with Crippen molar-refractivity contribution in [3.63, 3.8) is 0 Å². The summed E-state index contributed by atoms with van der Waals surface area (Å²) in [6, 6.07) is 0. The first kappa shape index (κ1) is 3.50. The van der Waals surface area contributed by atoms with Crippen molar-refractivity contribution < 1.29 is 4.18 Å². The zero-order valence-electron chi connectivity index (χ0n) is 3.10. The second kappa shape index (κ2) is 1.19. The predicted molar refractivity (Wildman–Crippen MR) is 22.8 cm³/mol. The summed E-state index contributed by atoms with van der Waals surface area (Å²) < 4.78 is 4.77. The Morgan fingerprint density at radius 2 is 2.60 bits per heavy atom. The van der Waals surface area contributed by atoms with Gasteiger partial charge in [-0.3, -0.25) is 4.18 Å². The lowest BCUT2D eigenvalue weighted by Gasteiger charge is -1.65. The van der Waals surface area contributed by atoms with Crippen LogP contribution in [0.15, 0.2) is 0 Å². The lowest BCUT2D eigenvalue weighted by Crippen LogP contribution is -1.69. The molecule has 1 fully saturated rings. The molecule has 0 bridgehead atoms. The fraction of sp³-hybridized carbons (Fsp3) is 1.00. The van der Waals surface area contributed by atoms with Gasteiger partial charge >= 0.3 is 0 Å². The van der Waals surface area contributed by atoms with Crippen LogP contribution in [0.25, 0.3) is 0 Å². The first-order valence-corrected chi connectivity index (χ1v) is 2.56. The van der Waals surface area contributed by atoms with Gasteiger partial charge in [-0.1, -0.05) is 6.92 Å². The highest BCUT2D eigenvalue weighted by molar-refractivity contribution is 8.00. The second-order valence-corrected chi connectivity index (χ2v) is 1.94. The molecule has 1 aliphatic rings. The molecule has 1 rings (SSSR count). The van der Waals surface area contributed by atoms with E-state index in [0.29, 0.717) is 5.44 Å². The van der Waals surface area contributed by atoms with E-state index < -0.39 is 0 Å². The second-order valence-electron chi connectivity index (χ2n) is 1.03. The summed E-state index contributed by atoms with van der Waals surface area (Å²) in [5, 5.41) is 0. The van der Waals surface area contributed by atoms with Crippen LogP contribution in [0.2, 0.25) is 0 Å². The van der Waals surface area contributed by atoms with E-state index in [1.807, 2.05) is 0 Å². The third kappa shape index (κ3) is 0.816. The van der Waals surface area contributed by atoms with Gasteiger partial charge in [-0.2, -0.15) is 0 Å². The van der Waals surface area contributed by atoms with Gasteiger partial charge in [-0.25, -0.2) is 0 Å². The van der Waals surface area contributed by atoms with E-state index >= 15 is 0 Å². The number of hydrogen-bond donors (Lipinski definition) is 0. The molecule has 0 spiro atoms. The molecule has 0 aromatic carbocycles. The summed E-state index contributed by atoms with van der Waals surface area (Å²) in [7, 11) is 0. The van der Waals surface area contributed by atoms with Crippen LogP contribution in [-0.2, 0) is 4.18 Å². The molecule has 0 saturated carbocycles. The standard InChI is InChI=1S/C3H6OS/c1-2-3-4-5-3/h3H,2H2,1H3/t3-/m1/s1. The molecule has 1 nitrogen and oxygen atoms in total. The van der Waals surface area contributed by atoms with Crippen molar-refractivity contribution in [2.24, 2.45) is 0 Å². The molecule has 2 heteroatoms. The smallest absolute Gasteiger partial charge is 0.143 e. The van der Waals surface area contributed by atoms with Gasteiger partial charge < -0.3 is 0 Å². The van der Waals surface area contributed by atoms with Crippen LogP contribution in [0.5, 0.6) is 0 Å². The van der Waals surface area contributed by atoms with Crippen molar-refractivity contribution in [3.8, 4) is 0 Å². The molecule has 0 aromatic heterocycles. The topological polar surface area (TPSA) is 12.5 Å². The maximum absolute atomic E-state index is 4.77. The molecule has 1 atom stereocenters. The Balaban J connectivity index is 2.00. The van der Waals surface area contributed by atoms with E-state index in [-0.39, 0.29) is 0 Å². The number of hydrogen-bond acceptors (Lipinski definition) is 2. The molecular weight excluding hydrogens is 84.1 g/mol. The third-order valence-electron chi connectivity index (χ3n) is 0.566. The van der Waals surface area contributed by atoms with E-state index in [2.05, 4.69) is 6.92 Å². The first-order chi connectivity index (χ1) is 2.43. The summed E-state index contributed by atoms with van der Waals surface area (Å²) in [5.74, 6) is 0. The van der Waals surface area contributed by atoms with Crippen molar-refractivity contribution in [2.45, 2.75) is 18.8 Å². The molecule has 0 aromatic rings. The third-order valence-corrected chi connectivity index (χ3v) is 1.36. The predicted octanol–water partition coefficient (Wildman–Crippen LogP) is 1.40. The zero-order chi connectivity index (χ0) is 3.70. The molecule has 0 radical (unpaired) electrons. The maximum atomic E-state index is 4.77. The van der Waals surface area contributed by atoms with Gasteiger partial charge in [-0.05, 0) is 6.42 Å². The van der Waals surface area contributed by atoms with Crippen molar-refractivity contribution >= 4 is 12.0 Å². The summed E-state index contributed by atoms with van der Waals surface area (Å²) in [6.45, 7) is 2.12. The van der Waals surface area contributed by atoms with Crippen LogP contribution < -0.4 is 0 Å². The highest BCUT2D eigenvalue weighted by Gasteiger charge is 2.21. The van der Waals surface area contributed by atoms with Gasteiger partial charge in [0.1, 0.15) is 5.44 Å². The summed E-state index contributed by atoms with van der Waals surface area (Å²) in [5.41, 5.74) is 0.551. The maximum Gasteiger partial charge on any atom is 0.143 e. The quantitative estimate of drug-likeness (QED) is 0.356. The minimum absolute atomic E-state index is 0.551. The lowest BCUT2D eigenvalue weighted by atomic mass is 10.5. The van der Waals surface area contributed by atoms with Crippen molar-refractivity contribution in [1.82, 2.24) is 0 Å². The Bertz CT molecular complexity index is 33.9. The van der Waals surface area contributed by atoms with Gasteiger partial charge in [0.05, 0.1) is 0 Å². The largest absolute Gasteiger partial charge is 0.296 e. The summed E-state index contributed by atoms with van der Waals surface area (Å²) >= 11 is 1.57. The van der Waals surface area contributed by atoms with Gasteiger partial charge in [0.15, 0.2) is 0 Å². The van der Waals surface area contributed by atoms with E-state index in [0.717, 1.165) is 6.42 Å². The van der Waals surface area contributed by atoms with Crippen molar-refractivity contribution in [2.75, 3.05) is 0 Å². The Hall–Kier alpha value is 0.310. The molecule has 0 unspecified atom stereocenters. The van der Waals surface area contributed by atoms with Crippen LogP contribution in [0.1, 0.15) is 13.3 Å². The Morgan fingerprint density at radius 1 is 2.00 bits per heavy atom. The van der Waals surface area contributed by atoms with Crippen LogP contribution >= 0.6 is 12.0 Å². The molecule has 0 amide bonds. The van der Waals surface area contributed by atoms with E-state index in [1.165, 1.54) is 0 Å². The molecule has 1 aliphatic heterocycles. The average molecular weight is 90.1 g/mol. The van der Waals surface area contributed by atoms with Gasteiger partial charge in [0.25, 0.3) is 0 Å². The molecule has 30 valence electrons. The molecule has 0 N–H and O–H groups in total. The average Bonchev–Trinajstić information content (AvgIpc) is 2.12. The minimum atomic E-state index is 0.551. The Morgan fingerprint density at radius 3 is 2.60 bits per heavy atom. The highest BCUT2D eigenvalue weighted by atomic mass is 32.2.